The van der Waals surface area contributed by atoms with Gasteiger partial charge in [-0.3, -0.25) is 0 Å². The smallest absolute Gasteiger partial charge is 0.416 e. The molecule has 2 atom stereocenters. The minimum atomic E-state index is -4.76. The van der Waals surface area contributed by atoms with Crippen LogP contribution in [-0.2, 0) is 26.0 Å². The second-order valence-corrected chi connectivity index (χ2v) is 13.7. The highest BCUT2D eigenvalue weighted by Crippen LogP contribution is 2.44. The summed E-state index contributed by atoms with van der Waals surface area (Å²) in [5.74, 6) is -0.417. The van der Waals surface area contributed by atoms with Gasteiger partial charge in [-0.05, 0) is 60.5 Å². The number of fused-ring (bicyclic) bond motifs is 1. The summed E-state index contributed by atoms with van der Waals surface area (Å²) in [5.41, 5.74) is 0.140. The molecule has 0 amide bonds. The molecule has 0 bridgehead atoms. The zero-order valence-corrected chi connectivity index (χ0v) is 23.6. The van der Waals surface area contributed by atoms with E-state index in [1.165, 1.54) is 30.3 Å². The number of hydrogen-bond donors (Lipinski definition) is 1. The zero-order valence-electron chi connectivity index (χ0n) is 21.2. The third-order valence-electron chi connectivity index (χ3n) is 6.33. The van der Waals surface area contributed by atoms with Crippen molar-refractivity contribution in [2.45, 2.75) is 35.8 Å². The van der Waals surface area contributed by atoms with Crippen molar-refractivity contribution in [3.05, 3.63) is 93.8 Å². The fourth-order valence-corrected chi connectivity index (χ4v) is 7.16. The molecule has 214 valence electrons. The van der Waals surface area contributed by atoms with E-state index in [0.717, 1.165) is 24.5 Å². The molecule has 3 aromatic carbocycles. The first-order chi connectivity index (χ1) is 18.6. The van der Waals surface area contributed by atoms with Crippen LogP contribution in [0.4, 0.5) is 17.6 Å². The van der Waals surface area contributed by atoms with Crippen LogP contribution in [0.25, 0.3) is 11.6 Å². The van der Waals surface area contributed by atoms with Gasteiger partial charge in [-0.1, -0.05) is 35.9 Å². The fraction of sp³-hybridized carbons (Fsp3) is 0.259. The summed E-state index contributed by atoms with van der Waals surface area (Å²) in [7, 11) is -8.05. The van der Waals surface area contributed by atoms with Gasteiger partial charge in [0, 0.05) is 24.1 Å². The number of sulfone groups is 1. The number of sulfonamides is 1. The van der Waals surface area contributed by atoms with Crippen LogP contribution in [0.5, 0.6) is 5.75 Å². The van der Waals surface area contributed by atoms with Crippen LogP contribution in [-0.4, -0.2) is 35.7 Å². The quantitative estimate of drug-likeness (QED) is 0.249. The van der Waals surface area contributed by atoms with Crippen molar-refractivity contribution in [1.82, 2.24) is 4.72 Å². The maximum absolute atomic E-state index is 14.4. The molecule has 0 radical (unpaired) electrons. The van der Waals surface area contributed by atoms with Gasteiger partial charge in [-0.15, -0.1) is 0 Å². The third-order valence-corrected chi connectivity index (χ3v) is 9.44. The third kappa shape index (κ3) is 6.68. The predicted molar refractivity (Wildman–Crippen MR) is 145 cm³/mol. The first kappa shape index (κ1) is 30.0. The molecule has 1 N–H and O–H groups in total. The summed E-state index contributed by atoms with van der Waals surface area (Å²) in [6, 6.07) is 12.3. The number of ether oxygens (including phenoxy) is 1. The summed E-state index contributed by atoms with van der Waals surface area (Å²) in [6.45, 7) is 1.38. The summed E-state index contributed by atoms with van der Waals surface area (Å²) in [5, 5.41) is -1.18. The Hall–Kier alpha value is -2.93. The Kier molecular flexibility index (Phi) is 8.38. The van der Waals surface area contributed by atoms with Crippen molar-refractivity contribution in [2.75, 3.05) is 12.8 Å². The lowest BCUT2D eigenvalue weighted by molar-refractivity contribution is -0.137. The Morgan fingerprint density at radius 2 is 1.77 bits per heavy atom. The lowest BCUT2D eigenvalue weighted by Gasteiger charge is -2.32. The Morgan fingerprint density at radius 3 is 2.42 bits per heavy atom. The number of benzene rings is 3. The molecule has 2 unspecified atom stereocenters. The molecule has 3 aromatic rings. The minimum absolute atomic E-state index is 0.130. The van der Waals surface area contributed by atoms with Gasteiger partial charge in [-0.2, -0.15) is 13.2 Å². The van der Waals surface area contributed by atoms with Gasteiger partial charge >= 0.3 is 6.18 Å². The minimum Gasteiger partial charge on any atom is -0.489 e. The Bertz CT molecular complexity index is 1670. The first-order valence-corrected chi connectivity index (χ1v) is 15.7. The summed E-state index contributed by atoms with van der Waals surface area (Å²) in [6.07, 6.45) is -3.39. The molecular formula is C27H24ClF4NO5S2. The molecule has 6 nitrogen and oxygen atoms in total. The van der Waals surface area contributed by atoms with Crippen LogP contribution >= 0.6 is 11.6 Å². The molecule has 1 aliphatic heterocycles. The van der Waals surface area contributed by atoms with Crippen molar-refractivity contribution in [2.24, 2.45) is 0 Å². The molecule has 0 fully saturated rings. The van der Waals surface area contributed by atoms with E-state index < -0.39 is 53.7 Å². The predicted octanol–water partition coefficient (Wildman–Crippen LogP) is 6.27. The molecular weight excluding hydrogens is 594 g/mol. The monoisotopic (exact) mass is 617 g/mol. The average molecular weight is 618 g/mol. The summed E-state index contributed by atoms with van der Waals surface area (Å²) in [4.78, 5) is -0.537. The lowest BCUT2D eigenvalue weighted by atomic mass is 9.97. The molecule has 4 rings (SSSR count). The van der Waals surface area contributed by atoms with Crippen molar-refractivity contribution in [3.8, 4) is 5.75 Å². The van der Waals surface area contributed by atoms with Gasteiger partial charge < -0.3 is 4.74 Å². The van der Waals surface area contributed by atoms with E-state index >= 15 is 0 Å². The van der Waals surface area contributed by atoms with E-state index in [9.17, 15) is 34.4 Å². The van der Waals surface area contributed by atoms with Gasteiger partial charge in [0.15, 0.2) is 9.84 Å². The normalized spacial score (nSPS) is 18.2. The van der Waals surface area contributed by atoms with Gasteiger partial charge in [0.2, 0.25) is 10.0 Å². The van der Waals surface area contributed by atoms with Crippen molar-refractivity contribution in [3.63, 3.8) is 0 Å². The average Bonchev–Trinajstić information content (AvgIpc) is 2.86. The van der Waals surface area contributed by atoms with Crippen molar-refractivity contribution in [1.29, 1.82) is 0 Å². The highest BCUT2D eigenvalue weighted by Gasteiger charge is 2.39. The maximum atomic E-state index is 14.4. The molecule has 1 aliphatic rings. The number of hydrogen-bond acceptors (Lipinski definition) is 5. The van der Waals surface area contributed by atoms with E-state index in [1.807, 2.05) is 0 Å². The lowest BCUT2D eigenvalue weighted by Crippen LogP contribution is -2.39. The topological polar surface area (TPSA) is 89.5 Å². The van der Waals surface area contributed by atoms with Gasteiger partial charge in [0.05, 0.1) is 27.0 Å². The van der Waals surface area contributed by atoms with Crippen LogP contribution in [0.3, 0.4) is 0 Å². The number of alkyl halides is 3. The van der Waals surface area contributed by atoms with Crippen molar-refractivity contribution >= 4 is 43.1 Å². The number of halogens is 5. The Balaban J connectivity index is 1.81. The second kappa shape index (κ2) is 11.2. The maximum Gasteiger partial charge on any atom is 0.416 e. The highest BCUT2D eigenvalue weighted by atomic mass is 35.5. The Labute approximate surface area is 234 Å². The zero-order chi connectivity index (χ0) is 29.5. The van der Waals surface area contributed by atoms with Crippen LogP contribution in [0.2, 0.25) is 5.02 Å². The van der Waals surface area contributed by atoms with Crippen LogP contribution in [0.1, 0.15) is 40.8 Å². The number of rotatable bonds is 7. The van der Waals surface area contributed by atoms with E-state index in [-0.39, 0.29) is 34.9 Å². The molecule has 0 aromatic heterocycles. The Morgan fingerprint density at radius 1 is 1.07 bits per heavy atom. The second-order valence-electron chi connectivity index (χ2n) is 9.38. The molecule has 40 heavy (non-hydrogen) atoms. The highest BCUT2D eigenvalue weighted by molar-refractivity contribution is 7.91. The number of nitrogens with one attached hydrogen (secondary N) is 1. The van der Waals surface area contributed by atoms with E-state index in [2.05, 4.69) is 4.72 Å². The SMILES string of the molecule is C/C(=C\c1ccc2c(c1)C(S(=O)(=O)c1cccc(C(F)(F)F)c1)CC(CNS(C)(=O)=O)O2)c1c(F)cccc1Cl. The van der Waals surface area contributed by atoms with E-state index in [0.29, 0.717) is 17.2 Å². The van der Waals surface area contributed by atoms with E-state index in [1.54, 1.807) is 19.1 Å². The van der Waals surface area contributed by atoms with Crippen LogP contribution in [0, 0.1) is 5.82 Å². The fourth-order valence-electron chi connectivity index (χ4n) is 4.48. The van der Waals surface area contributed by atoms with Crippen LogP contribution in [0.15, 0.2) is 65.6 Å². The first-order valence-electron chi connectivity index (χ1n) is 11.9. The molecule has 1 heterocycles. The molecule has 0 aliphatic carbocycles. The molecule has 0 saturated heterocycles. The van der Waals surface area contributed by atoms with Gasteiger partial charge in [0.25, 0.3) is 0 Å². The van der Waals surface area contributed by atoms with Crippen molar-refractivity contribution < 1.29 is 39.1 Å². The van der Waals surface area contributed by atoms with Crippen LogP contribution < -0.4 is 9.46 Å². The standard InChI is InChI=1S/C27H24ClF4NO5S2/c1-16(26-22(28)7-4-8-23(26)29)11-17-9-10-24-21(12-17)25(14-19(38-24)15-33-39(2,34)35)40(36,37)20-6-3-5-18(13-20)27(30,31)32/h3-13,19,25,33H,14-15H2,1-2H3/b16-11+. The summed E-state index contributed by atoms with van der Waals surface area (Å²) >= 11 is 6.17. The van der Waals surface area contributed by atoms with E-state index in [4.69, 9.17) is 16.3 Å². The summed E-state index contributed by atoms with van der Waals surface area (Å²) < 4.78 is 113. The molecule has 0 spiro atoms. The van der Waals surface area contributed by atoms with Gasteiger partial charge in [-0.25, -0.2) is 25.9 Å². The van der Waals surface area contributed by atoms with Gasteiger partial charge in [0.1, 0.15) is 17.7 Å². The molecule has 13 heteroatoms. The molecule has 0 saturated carbocycles. The number of allylic oxidation sites excluding steroid dienone is 1. The largest absolute Gasteiger partial charge is 0.489 e.